The summed E-state index contributed by atoms with van der Waals surface area (Å²) < 4.78 is 31.5. The van der Waals surface area contributed by atoms with E-state index >= 15 is 0 Å². The van der Waals surface area contributed by atoms with E-state index in [0.717, 1.165) is 0 Å². The second kappa shape index (κ2) is 11.2. The highest BCUT2D eigenvalue weighted by Gasteiger charge is 2.51. The van der Waals surface area contributed by atoms with Gasteiger partial charge >= 0.3 is 8.25 Å². The van der Waals surface area contributed by atoms with E-state index in [1.54, 1.807) is 6.92 Å². The number of hydrogen-bond acceptors (Lipinski definition) is 8. The second-order valence-corrected chi connectivity index (χ2v) is 16.3. The van der Waals surface area contributed by atoms with Crippen LogP contribution in [0.3, 0.4) is 0 Å². The van der Waals surface area contributed by atoms with Gasteiger partial charge in [-0.3, -0.25) is 9.36 Å². The van der Waals surface area contributed by atoms with Gasteiger partial charge in [0.15, 0.2) is 31.8 Å². The summed E-state index contributed by atoms with van der Waals surface area (Å²) in [5.41, 5.74) is 1.24. The molecule has 2 aromatic rings. The van der Waals surface area contributed by atoms with Crippen molar-refractivity contribution in [3.8, 4) is 0 Å². The fourth-order valence-corrected chi connectivity index (χ4v) is 11.8. The van der Waals surface area contributed by atoms with Crippen LogP contribution in [0, 0.1) is 12.8 Å². The van der Waals surface area contributed by atoms with E-state index in [1.165, 1.54) is 10.9 Å². The van der Waals surface area contributed by atoms with Crippen LogP contribution in [0.1, 0.15) is 60.0 Å². The molecule has 2 aromatic heterocycles. The van der Waals surface area contributed by atoms with E-state index in [2.05, 4.69) is 56.5 Å². The van der Waals surface area contributed by atoms with Crippen molar-refractivity contribution in [1.29, 1.82) is 0 Å². The Bertz CT molecular complexity index is 1070. The Morgan fingerprint density at radius 3 is 2.40 bits per heavy atom. The largest absolute Gasteiger partial charge is 0.695 e. The Morgan fingerprint density at radius 1 is 1.23 bits per heavy atom. The van der Waals surface area contributed by atoms with Crippen molar-refractivity contribution in [3.05, 3.63) is 22.5 Å². The molecule has 2 unspecified atom stereocenters. The summed E-state index contributed by atoms with van der Waals surface area (Å²) >= 11 is 0. The molecule has 1 aliphatic rings. The van der Waals surface area contributed by atoms with Gasteiger partial charge in [0.25, 0.3) is 5.56 Å². The average molecular weight is 530 g/mol. The molecule has 0 aliphatic carbocycles. The van der Waals surface area contributed by atoms with Gasteiger partial charge in [0.05, 0.1) is 19.0 Å². The van der Waals surface area contributed by atoms with Gasteiger partial charge in [0.2, 0.25) is 0 Å². The minimum Gasteiger partial charge on any atom is -0.416 e. The minimum absolute atomic E-state index is 0.125. The fraction of sp³-hybridized carbons (Fsp3) is 0.773. The molecule has 1 saturated heterocycles. The number of hydrogen-bond donors (Lipinski definition) is 3. The summed E-state index contributed by atoms with van der Waals surface area (Å²) in [5, 5.41) is 10.1. The van der Waals surface area contributed by atoms with Gasteiger partial charge in [-0.15, -0.1) is 9.42 Å². The van der Waals surface area contributed by atoms with Crippen LogP contribution in [-0.4, -0.2) is 63.3 Å². The molecule has 196 valence electrons. The zero-order valence-electron chi connectivity index (χ0n) is 21.5. The first-order valence-electron chi connectivity index (χ1n) is 12.1. The van der Waals surface area contributed by atoms with Gasteiger partial charge in [-0.2, -0.15) is 0 Å². The Labute approximate surface area is 207 Å². The van der Waals surface area contributed by atoms with Crippen LogP contribution in [0.2, 0.25) is 16.6 Å². The molecule has 11 nitrogen and oxygen atoms in total. The number of aromatic nitrogens is 4. The van der Waals surface area contributed by atoms with E-state index in [0.29, 0.717) is 35.5 Å². The van der Waals surface area contributed by atoms with Crippen molar-refractivity contribution >= 4 is 27.7 Å². The Morgan fingerprint density at radius 2 is 1.86 bits per heavy atom. The first-order valence-corrected chi connectivity index (χ1v) is 15.4. The Balaban J connectivity index is 1.92. The van der Waals surface area contributed by atoms with Gasteiger partial charge in [0.1, 0.15) is 5.82 Å². The molecule has 0 spiro atoms. The van der Waals surface area contributed by atoms with Gasteiger partial charge in [-0.25, -0.2) is 9.97 Å². The average Bonchev–Trinajstić information content (AvgIpc) is 3.31. The molecule has 0 amide bonds. The van der Waals surface area contributed by atoms with E-state index in [1.807, 2.05) is 0 Å². The molecular weight excluding hydrogens is 491 g/mol. The normalized spacial score (nSPS) is 23.8. The van der Waals surface area contributed by atoms with Gasteiger partial charge < -0.3 is 19.3 Å². The van der Waals surface area contributed by atoms with Crippen LogP contribution in [0.5, 0.6) is 0 Å². The number of aryl methyl sites for hydroxylation is 1. The molecule has 13 heteroatoms. The number of aliphatic hydroxyl groups is 1. The van der Waals surface area contributed by atoms with Crippen LogP contribution < -0.4 is 5.56 Å². The molecule has 5 atom stereocenters. The maximum atomic E-state index is 12.3. The summed E-state index contributed by atoms with van der Waals surface area (Å²) in [5.74, 6) is -0.0243. The summed E-state index contributed by atoms with van der Waals surface area (Å²) in [4.78, 5) is 33.0. The standard InChI is InChI=1S/C22H37N4O7PSi/c1-12(2)35(13(3)4,14(5)6)31-9-8-16-17(10-27)32-22(19(16)33-34(29)30)26-11-23-18-20(26)24-15(7)25-21(18)28/h11-14,16-17,19,22,27H,8-10H2,1-7H3,(H-,24,25,28,29,30)/p+1/t16-,17+,19?,22+/m0/s1. The number of aromatic amines is 1. The van der Waals surface area contributed by atoms with Crippen molar-refractivity contribution in [1.82, 2.24) is 19.5 Å². The first-order chi connectivity index (χ1) is 16.4. The molecule has 1 fully saturated rings. The molecule has 3 rings (SSSR count). The lowest BCUT2D eigenvalue weighted by Gasteiger charge is -2.42. The number of H-pyrrole nitrogens is 1. The van der Waals surface area contributed by atoms with Crippen LogP contribution in [0.4, 0.5) is 0 Å². The van der Waals surface area contributed by atoms with Crippen LogP contribution >= 0.6 is 8.25 Å². The summed E-state index contributed by atoms with van der Waals surface area (Å²) in [6.07, 6.45) is -0.562. The van der Waals surface area contributed by atoms with E-state index in [4.69, 9.17) is 13.7 Å². The van der Waals surface area contributed by atoms with E-state index in [9.17, 15) is 19.4 Å². The molecule has 3 heterocycles. The van der Waals surface area contributed by atoms with Crippen LogP contribution in [0.25, 0.3) is 11.2 Å². The van der Waals surface area contributed by atoms with E-state index in [-0.39, 0.29) is 17.8 Å². The third kappa shape index (κ3) is 5.43. The smallest absolute Gasteiger partial charge is 0.416 e. The van der Waals surface area contributed by atoms with Crippen LogP contribution in [-0.2, 0) is 18.3 Å². The molecule has 0 aromatic carbocycles. The maximum absolute atomic E-state index is 12.3. The molecule has 35 heavy (non-hydrogen) atoms. The molecule has 1 aliphatic heterocycles. The lowest BCUT2D eigenvalue weighted by molar-refractivity contribution is -0.0455. The number of nitrogens with one attached hydrogen (secondary N) is 1. The lowest BCUT2D eigenvalue weighted by Crippen LogP contribution is -2.48. The van der Waals surface area contributed by atoms with Gasteiger partial charge in [-0.1, -0.05) is 41.5 Å². The van der Waals surface area contributed by atoms with E-state index < -0.39 is 46.5 Å². The Kier molecular flexibility index (Phi) is 9.01. The summed E-state index contributed by atoms with van der Waals surface area (Å²) in [7, 11) is -5.07. The lowest BCUT2D eigenvalue weighted by atomic mass is 9.95. The SMILES string of the molecule is Cc1nc2c(ncn2[C@@H]2O[C@H](CO)[C@H](CCO[Si](C(C)C)(C(C)C)C(C)C)C2O[P+](=O)O)c(=O)[nH]1. The fourth-order valence-electron chi connectivity index (χ4n) is 5.86. The van der Waals surface area contributed by atoms with Gasteiger partial charge in [-0.05, 0) is 30.0 Å². The third-order valence-corrected chi connectivity index (χ3v) is 13.8. The minimum atomic E-state index is -2.95. The highest BCUT2D eigenvalue weighted by Crippen LogP contribution is 2.45. The van der Waals surface area contributed by atoms with Crippen molar-refractivity contribution in [2.24, 2.45) is 5.92 Å². The molecule has 3 N–H and O–H groups in total. The third-order valence-electron chi connectivity index (χ3n) is 7.22. The highest BCUT2D eigenvalue weighted by molar-refractivity contribution is 7.32. The van der Waals surface area contributed by atoms with Crippen LogP contribution in [0.15, 0.2) is 11.1 Å². The number of fused-ring (bicyclic) bond motifs is 1. The number of rotatable bonds is 11. The number of nitrogens with zero attached hydrogens (tertiary/aromatic N) is 3. The Hall–Kier alpha value is -1.53. The predicted molar refractivity (Wildman–Crippen MR) is 134 cm³/mol. The zero-order valence-corrected chi connectivity index (χ0v) is 23.4. The highest BCUT2D eigenvalue weighted by atomic mass is 31.1. The molecule has 0 bridgehead atoms. The van der Waals surface area contributed by atoms with Crippen molar-refractivity contribution < 1.29 is 28.3 Å². The summed E-state index contributed by atoms with van der Waals surface area (Å²) in [6.45, 7) is 15.0. The molecule has 0 radical (unpaired) electrons. The van der Waals surface area contributed by atoms with Crippen molar-refractivity contribution in [3.63, 3.8) is 0 Å². The maximum Gasteiger partial charge on any atom is 0.695 e. The number of aliphatic hydroxyl groups excluding tert-OH is 1. The molecule has 0 saturated carbocycles. The number of ether oxygens (including phenoxy) is 1. The quantitative estimate of drug-likeness (QED) is 0.293. The van der Waals surface area contributed by atoms with Crippen molar-refractivity contribution in [2.75, 3.05) is 13.2 Å². The summed E-state index contributed by atoms with van der Waals surface area (Å²) in [6, 6.07) is 0. The first kappa shape index (κ1) is 28.0. The predicted octanol–water partition coefficient (Wildman–Crippen LogP) is 3.55. The molecular formula is C22H38N4O7PSi+. The number of imidazole rings is 1. The zero-order chi connectivity index (χ0) is 26.1. The second-order valence-electron chi connectivity index (χ2n) is 10.1. The van der Waals surface area contributed by atoms with Gasteiger partial charge in [0, 0.05) is 17.1 Å². The monoisotopic (exact) mass is 529 g/mol. The topological polar surface area (TPSA) is 149 Å². The van der Waals surface area contributed by atoms with Crippen molar-refractivity contribution in [2.45, 2.75) is 89.9 Å².